The molecule has 37 heavy (non-hydrogen) atoms. The van der Waals surface area contributed by atoms with Gasteiger partial charge >= 0.3 is 0 Å². The summed E-state index contributed by atoms with van der Waals surface area (Å²) in [6.45, 7) is 7.25. The van der Waals surface area contributed by atoms with Gasteiger partial charge in [0.15, 0.2) is 5.69 Å². The Labute approximate surface area is 214 Å². The largest absolute Gasteiger partial charge is 0.388 e. The van der Waals surface area contributed by atoms with Gasteiger partial charge in [0.2, 0.25) is 5.91 Å². The summed E-state index contributed by atoms with van der Waals surface area (Å²) in [5.74, 6) is -1.20. The number of aliphatic hydroxyl groups is 1. The molecule has 1 aliphatic rings. The Hall–Kier alpha value is -4.34. The second kappa shape index (κ2) is 10.3. The van der Waals surface area contributed by atoms with E-state index in [2.05, 4.69) is 4.85 Å². The first kappa shape index (κ1) is 24.4. The van der Waals surface area contributed by atoms with Gasteiger partial charge in [0.1, 0.15) is 11.6 Å². The number of anilines is 1. The lowest BCUT2D eigenvalue weighted by Gasteiger charge is -2.48. The highest BCUT2D eigenvalue weighted by Crippen LogP contribution is 2.46. The van der Waals surface area contributed by atoms with Crippen molar-refractivity contribution >= 4 is 17.3 Å². The lowest BCUT2D eigenvalue weighted by atomic mass is 9.78. The maximum absolute atomic E-state index is 13.5. The molecule has 0 saturated carbocycles. The average molecular weight is 495 g/mol. The predicted octanol–water partition coefficient (Wildman–Crippen LogP) is 7.40. The van der Waals surface area contributed by atoms with Gasteiger partial charge in [0, 0.05) is 5.69 Å². The van der Waals surface area contributed by atoms with Crippen molar-refractivity contribution in [2.45, 2.75) is 25.0 Å². The van der Waals surface area contributed by atoms with Crippen LogP contribution in [0.3, 0.4) is 0 Å². The molecule has 0 unspecified atom stereocenters. The van der Waals surface area contributed by atoms with Crippen LogP contribution in [0.15, 0.2) is 97.1 Å². The van der Waals surface area contributed by atoms with E-state index < -0.39 is 6.10 Å². The van der Waals surface area contributed by atoms with Crippen LogP contribution in [-0.4, -0.2) is 11.0 Å². The van der Waals surface area contributed by atoms with Gasteiger partial charge in [-0.05, 0) is 77.6 Å². The lowest BCUT2D eigenvalue weighted by Crippen LogP contribution is -2.55. The minimum absolute atomic E-state index is 0.0863. The van der Waals surface area contributed by atoms with Gasteiger partial charge in [-0.1, -0.05) is 54.6 Å². The fourth-order valence-corrected chi connectivity index (χ4v) is 4.92. The Morgan fingerprint density at radius 3 is 2.16 bits per heavy atom. The smallest absolute Gasteiger partial charge is 0.233 e. The van der Waals surface area contributed by atoms with E-state index in [-0.39, 0.29) is 29.5 Å². The van der Waals surface area contributed by atoms with Gasteiger partial charge in [0.25, 0.3) is 0 Å². The number of hydrogen-bond acceptors (Lipinski definition) is 2. The van der Waals surface area contributed by atoms with Gasteiger partial charge in [-0.2, -0.15) is 0 Å². The average Bonchev–Trinajstić information content (AvgIpc) is 2.93. The molecular formula is C31H24F2N2O2. The molecule has 1 N–H and O–H groups in total. The number of aliphatic hydroxyl groups excluding tert-OH is 1. The standard InChI is InChI=1S/C31H24F2N2O2/c1-34-26-4-2-3-23(19-26)20-5-7-22(8-6-20)30-28(17-18-29(36)21-9-11-24(32)12-10-21)31(37)35(30)27-15-13-25(33)14-16-27/h2-16,19,28-30,36H,17-18H2/t28-,29+,30-/m1/s1. The van der Waals surface area contributed by atoms with Crippen LogP contribution < -0.4 is 4.90 Å². The highest BCUT2D eigenvalue weighted by molar-refractivity contribution is 6.03. The molecule has 184 valence electrons. The topological polar surface area (TPSA) is 44.9 Å². The zero-order chi connectivity index (χ0) is 25.9. The molecule has 1 heterocycles. The van der Waals surface area contributed by atoms with Crippen LogP contribution in [0.25, 0.3) is 16.0 Å². The molecule has 3 atom stereocenters. The van der Waals surface area contributed by atoms with Gasteiger partial charge in [-0.3, -0.25) is 4.79 Å². The fourth-order valence-electron chi connectivity index (χ4n) is 4.92. The van der Waals surface area contributed by atoms with Gasteiger partial charge < -0.3 is 10.0 Å². The van der Waals surface area contributed by atoms with E-state index in [1.54, 1.807) is 35.2 Å². The molecule has 6 heteroatoms. The van der Waals surface area contributed by atoms with Crippen LogP contribution in [0.4, 0.5) is 20.2 Å². The van der Waals surface area contributed by atoms with E-state index in [0.717, 1.165) is 16.7 Å². The summed E-state index contributed by atoms with van der Waals surface area (Å²) in [6, 6.07) is 26.5. The van der Waals surface area contributed by atoms with Crippen LogP contribution in [-0.2, 0) is 4.79 Å². The quantitative estimate of drug-likeness (QED) is 0.215. The van der Waals surface area contributed by atoms with E-state index in [0.29, 0.717) is 29.8 Å². The van der Waals surface area contributed by atoms with Crippen LogP contribution >= 0.6 is 0 Å². The van der Waals surface area contributed by atoms with Gasteiger partial charge in [-0.15, -0.1) is 0 Å². The van der Waals surface area contributed by atoms with Crippen molar-refractivity contribution in [2.75, 3.05) is 4.90 Å². The first-order valence-corrected chi connectivity index (χ1v) is 12.0. The Morgan fingerprint density at radius 1 is 0.865 bits per heavy atom. The molecule has 1 amide bonds. The molecule has 1 saturated heterocycles. The van der Waals surface area contributed by atoms with E-state index in [9.17, 15) is 18.7 Å². The van der Waals surface area contributed by atoms with Crippen molar-refractivity contribution in [2.24, 2.45) is 5.92 Å². The molecule has 4 nitrogen and oxygen atoms in total. The van der Waals surface area contributed by atoms with Crippen molar-refractivity contribution in [3.63, 3.8) is 0 Å². The molecule has 0 bridgehead atoms. The molecule has 5 rings (SSSR count). The number of carbonyl (C=O) groups is 1. The van der Waals surface area contributed by atoms with Crippen molar-refractivity contribution in [3.05, 3.63) is 131 Å². The lowest BCUT2D eigenvalue weighted by molar-refractivity contribution is -0.131. The number of benzene rings is 4. The third-order valence-electron chi connectivity index (χ3n) is 6.89. The van der Waals surface area contributed by atoms with Crippen molar-refractivity contribution in [1.29, 1.82) is 0 Å². The number of halogens is 2. The summed E-state index contributed by atoms with van der Waals surface area (Å²) >= 11 is 0. The fraction of sp³-hybridized carbons (Fsp3) is 0.161. The highest BCUT2D eigenvalue weighted by Gasteiger charge is 2.48. The number of nitrogens with zero attached hydrogens (tertiary/aromatic N) is 2. The monoisotopic (exact) mass is 494 g/mol. The summed E-state index contributed by atoms with van der Waals surface area (Å²) in [5, 5.41) is 10.6. The Balaban J connectivity index is 1.40. The highest BCUT2D eigenvalue weighted by atomic mass is 19.1. The number of amides is 1. The van der Waals surface area contributed by atoms with Crippen LogP contribution in [0.5, 0.6) is 0 Å². The van der Waals surface area contributed by atoms with Crippen LogP contribution in [0, 0.1) is 24.1 Å². The number of β-lactam (4-membered cyclic amide) rings is 1. The van der Waals surface area contributed by atoms with Crippen molar-refractivity contribution in [3.8, 4) is 11.1 Å². The second-order valence-electron chi connectivity index (χ2n) is 9.16. The zero-order valence-corrected chi connectivity index (χ0v) is 19.9. The van der Waals surface area contributed by atoms with Crippen LogP contribution in [0.1, 0.15) is 36.1 Å². The molecule has 1 fully saturated rings. The van der Waals surface area contributed by atoms with Crippen molar-refractivity contribution < 1.29 is 18.7 Å². The minimum atomic E-state index is -0.814. The molecule has 0 radical (unpaired) electrons. The molecule has 1 aliphatic heterocycles. The molecule has 0 aromatic heterocycles. The Kier molecular flexibility index (Phi) is 6.80. The first-order chi connectivity index (χ1) is 17.9. The van der Waals surface area contributed by atoms with E-state index >= 15 is 0 Å². The van der Waals surface area contributed by atoms with E-state index in [1.807, 2.05) is 42.5 Å². The maximum atomic E-state index is 13.5. The normalized spacial score (nSPS) is 17.7. The first-order valence-electron chi connectivity index (χ1n) is 12.0. The number of rotatable bonds is 7. The Morgan fingerprint density at radius 2 is 1.51 bits per heavy atom. The number of carbonyl (C=O) groups excluding carboxylic acids is 1. The third-order valence-corrected chi connectivity index (χ3v) is 6.89. The molecule has 0 aliphatic carbocycles. The van der Waals surface area contributed by atoms with Crippen molar-refractivity contribution in [1.82, 2.24) is 0 Å². The van der Waals surface area contributed by atoms with E-state index in [4.69, 9.17) is 6.57 Å². The minimum Gasteiger partial charge on any atom is -0.388 e. The maximum Gasteiger partial charge on any atom is 0.233 e. The summed E-state index contributed by atoms with van der Waals surface area (Å²) < 4.78 is 26.8. The summed E-state index contributed by atoms with van der Waals surface area (Å²) in [6.07, 6.45) is -0.0303. The summed E-state index contributed by atoms with van der Waals surface area (Å²) in [5.41, 5.74) is 4.59. The van der Waals surface area contributed by atoms with E-state index in [1.165, 1.54) is 24.3 Å². The predicted molar refractivity (Wildman–Crippen MR) is 139 cm³/mol. The molecule has 4 aromatic carbocycles. The summed E-state index contributed by atoms with van der Waals surface area (Å²) in [7, 11) is 0. The zero-order valence-electron chi connectivity index (χ0n) is 19.9. The Bertz CT molecular complexity index is 1440. The third kappa shape index (κ3) is 5.00. The molecular weight excluding hydrogens is 470 g/mol. The molecule has 0 spiro atoms. The number of hydrogen-bond donors (Lipinski definition) is 1. The molecule has 4 aromatic rings. The SMILES string of the molecule is [C-]#[N+]c1cccc(-c2ccc([C@@H]3[C@@H](CC[C@H](O)c4ccc(F)cc4)C(=O)N3c3ccc(F)cc3)cc2)c1. The summed E-state index contributed by atoms with van der Waals surface area (Å²) in [4.78, 5) is 18.4. The van der Waals surface area contributed by atoms with Crippen LogP contribution in [0.2, 0.25) is 0 Å². The second-order valence-corrected chi connectivity index (χ2v) is 9.16. The van der Waals surface area contributed by atoms with Gasteiger partial charge in [0.05, 0.1) is 24.6 Å². The van der Waals surface area contributed by atoms with Gasteiger partial charge in [-0.25, -0.2) is 13.6 Å².